The fraction of sp³-hybridized carbons (Fsp3) is 1.00. The molecular weight excluding hydrogens is 262 g/mol. The summed E-state index contributed by atoms with van der Waals surface area (Å²) in [6, 6.07) is 0.723. The Morgan fingerprint density at radius 3 is 2.16 bits per heavy atom. The Balaban J connectivity index is 2.27. The topological polar surface area (TPSA) is 46.6 Å². The van der Waals surface area contributed by atoms with E-state index in [9.17, 15) is 8.42 Å². The van der Waals surface area contributed by atoms with Crippen molar-refractivity contribution in [2.45, 2.75) is 65.3 Å². The fourth-order valence-electron chi connectivity index (χ4n) is 3.43. The summed E-state index contributed by atoms with van der Waals surface area (Å²) >= 11 is 0. The molecule has 0 radical (unpaired) electrons. The van der Waals surface area contributed by atoms with E-state index >= 15 is 0 Å². The molecule has 0 N–H and O–H groups in total. The van der Waals surface area contributed by atoms with Gasteiger partial charge in [0, 0.05) is 24.9 Å². The quantitative estimate of drug-likeness (QED) is 0.741. The van der Waals surface area contributed by atoms with Gasteiger partial charge in [-0.15, -0.1) is 0 Å². The lowest BCUT2D eigenvalue weighted by atomic mass is 9.85. The zero-order chi connectivity index (χ0) is 14.5. The van der Waals surface area contributed by atoms with Gasteiger partial charge in [-0.05, 0) is 19.3 Å². The van der Waals surface area contributed by atoms with Gasteiger partial charge in [0.1, 0.15) is 5.72 Å². The average Bonchev–Trinajstić information content (AvgIpc) is 2.62. The normalized spacial score (nSPS) is 31.2. The molecule has 2 saturated heterocycles. The largest absolute Gasteiger partial charge is 0.359 e. The SMILES string of the molecule is CC(C)N1[C@H](C(C)(C)C)COC12CCS(=O)(=O)CC2. The Morgan fingerprint density at radius 1 is 1.21 bits per heavy atom. The molecule has 0 amide bonds. The molecule has 5 heteroatoms. The van der Waals surface area contributed by atoms with Gasteiger partial charge in [0.05, 0.1) is 18.1 Å². The van der Waals surface area contributed by atoms with Crippen LogP contribution in [0.2, 0.25) is 0 Å². The molecule has 2 rings (SSSR count). The number of rotatable bonds is 1. The molecule has 0 aliphatic carbocycles. The van der Waals surface area contributed by atoms with Gasteiger partial charge in [-0.2, -0.15) is 0 Å². The zero-order valence-electron chi connectivity index (χ0n) is 12.8. The maximum Gasteiger partial charge on any atom is 0.150 e. The Labute approximate surface area is 117 Å². The van der Waals surface area contributed by atoms with Crippen molar-refractivity contribution in [1.82, 2.24) is 4.90 Å². The van der Waals surface area contributed by atoms with Gasteiger partial charge >= 0.3 is 0 Å². The third kappa shape index (κ3) is 2.83. The molecule has 2 aliphatic rings. The van der Waals surface area contributed by atoms with E-state index in [4.69, 9.17) is 4.74 Å². The first-order valence-corrected chi connectivity index (χ1v) is 9.02. The molecule has 2 heterocycles. The van der Waals surface area contributed by atoms with E-state index in [0.717, 1.165) is 0 Å². The van der Waals surface area contributed by atoms with Crippen LogP contribution in [0.3, 0.4) is 0 Å². The minimum Gasteiger partial charge on any atom is -0.359 e. The maximum absolute atomic E-state index is 11.7. The van der Waals surface area contributed by atoms with Crippen LogP contribution in [-0.2, 0) is 14.6 Å². The molecule has 0 aromatic heterocycles. The smallest absolute Gasteiger partial charge is 0.150 e. The second kappa shape index (κ2) is 4.71. The lowest BCUT2D eigenvalue weighted by Gasteiger charge is -2.46. The van der Waals surface area contributed by atoms with Crippen molar-refractivity contribution in [1.29, 1.82) is 0 Å². The highest BCUT2D eigenvalue weighted by Gasteiger charge is 2.53. The zero-order valence-corrected chi connectivity index (χ0v) is 13.6. The number of hydrogen-bond acceptors (Lipinski definition) is 4. The molecule has 0 unspecified atom stereocenters. The molecule has 2 aliphatic heterocycles. The van der Waals surface area contributed by atoms with Crippen LogP contribution < -0.4 is 0 Å². The summed E-state index contributed by atoms with van der Waals surface area (Å²) in [5, 5.41) is 0. The highest BCUT2D eigenvalue weighted by atomic mass is 32.2. The highest BCUT2D eigenvalue weighted by Crippen LogP contribution is 2.44. The maximum atomic E-state index is 11.7. The van der Waals surface area contributed by atoms with E-state index in [1.54, 1.807) is 0 Å². The summed E-state index contributed by atoms with van der Waals surface area (Å²) in [4.78, 5) is 2.43. The van der Waals surface area contributed by atoms with E-state index in [0.29, 0.717) is 31.5 Å². The number of nitrogens with zero attached hydrogens (tertiary/aromatic N) is 1. The summed E-state index contributed by atoms with van der Waals surface area (Å²) in [5.74, 6) is 0.514. The average molecular weight is 289 g/mol. The van der Waals surface area contributed by atoms with Crippen LogP contribution in [0, 0.1) is 5.41 Å². The van der Waals surface area contributed by atoms with Gasteiger partial charge < -0.3 is 4.74 Å². The predicted molar refractivity (Wildman–Crippen MR) is 76.8 cm³/mol. The minimum atomic E-state index is -2.85. The van der Waals surface area contributed by atoms with Crippen LogP contribution in [0.1, 0.15) is 47.5 Å². The van der Waals surface area contributed by atoms with Crippen molar-refractivity contribution in [3.8, 4) is 0 Å². The summed E-state index contributed by atoms with van der Waals surface area (Å²) < 4.78 is 29.5. The summed E-state index contributed by atoms with van der Waals surface area (Å²) in [6.07, 6.45) is 1.22. The van der Waals surface area contributed by atoms with E-state index in [-0.39, 0.29) is 22.6 Å². The van der Waals surface area contributed by atoms with Crippen LogP contribution in [0.4, 0.5) is 0 Å². The fourth-order valence-corrected chi connectivity index (χ4v) is 4.89. The molecule has 0 bridgehead atoms. The van der Waals surface area contributed by atoms with Gasteiger partial charge in [0.15, 0.2) is 9.84 Å². The summed E-state index contributed by atoms with van der Waals surface area (Å²) in [7, 11) is -2.85. The highest BCUT2D eigenvalue weighted by molar-refractivity contribution is 7.91. The number of sulfone groups is 1. The van der Waals surface area contributed by atoms with E-state index in [1.807, 2.05) is 0 Å². The van der Waals surface area contributed by atoms with Gasteiger partial charge in [-0.1, -0.05) is 20.8 Å². The van der Waals surface area contributed by atoms with Crippen LogP contribution in [0.15, 0.2) is 0 Å². The van der Waals surface area contributed by atoms with Crippen molar-refractivity contribution in [3.05, 3.63) is 0 Å². The van der Waals surface area contributed by atoms with Gasteiger partial charge in [-0.3, -0.25) is 4.90 Å². The lowest BCUT2D eigenvalue weighted by molar-refractivity contribution is -0.109. The van der Waals surface area contributed by atoms with E-state index in [1.165, 1.54) is 0 Å². The van der Waals surface area contributed by atoms with Crippen molar-refractivity contribution in [2.24, 2.45) is 5.41 Å². The van der Waals surface area contributed by atoms with Crippen molar-refractivity contribution in [3.63, 3.8) is 0 Å². The molecule has 2 fully saturated rings. The van der Waals surface area contributed by atoms with E-state index < -0.39 is 9.84 Å². The second-order valence-electron chi connectivity index (χ2n) is 7.29. The molecule has 1 spiro atoms. The molecular formula is C14H27NO3S. The lowest BCUT2D eigenvalue weighted by Crippen LogP contribution is -2.57. The molecule has 0 saturated carbocycles. The summed E-state index contributed by atoms with van der Waals surface area (Å²) in [6.45, 7) is 11.8. The Bertz CT molecular complexity index is 422. The van der Waals surface area contributed by atoms with Crippen molar-refractivity contribution >= 4 is 9.84 Å². The van der Waals surface area contributed by atoms with Crippen LogP contribution >= 0.6 is 0 Å². The molecule has 0 aromatic carbocycles. The van der Waals surface area contributed by atoms with Crippen LogP contribution in [-0.4, -0.2) is 49.2 Å². The molecule has 0 aromatic rings. The first kappa shape index (κ1) is 15.3. The second-order valence-corrected chi connectivity index (χ2v) is 9.60. The standard InChI is InChI=1S/C14H27NO3S/c1-11(2)15-12(13(3,4)5)10-18-14(15)6-8-19(16,17)9-7-14/h11-12H,6-10H2,1-5H3/t12-/m0/s1. The Hall–Kier alpha value is -0.130. The predicted octanol–water partition coefficient (Wildman–Crippen LogP) is 2.05. The third-order valence-electron chi connectivity index (χ3n) is 4.48. The van der Waals surface area contributed by atoms with Gasteiger partial charge in [-0.25, -0.2) is 8.42 Å². The molecule has 112 valence electrons. The number of ether oxygens (including phenoxy) is 1. The van der Waals surface area contributed by atoms with Gasteiger partial charge in [0.2, 0.25) is 0 Å². The van der Waals surface area contributed by atoms with Crippen molar-refractivity contribution in [2.75, 3.05) is 18.1 Å². The first-order valence-electron chi connectivity index (χ1n) is 7.20. The number of hydrogen-bond donors (Lipinski definition) is 0. The summed E-state index contributed by atoms with van der Waals surface area (Å²) in [5.41, 5.74) is -0.207. The Morgan fingerprint density at radius 2 is 1.74 bits per heavy atom. The van der Waals surface area contributed by atoms with E-state index in [2.05, 4.69) is 39.5 Å². The Kier molecular flexibility index (Phi) is 3.78. The minimum absolute atomic E-state index is 0.143. The van der Waals surface area contributed by atoms with Crippen LogP contribution in [0.25, 0.3) is 0 Å². The van der Waals surface area contributed by atoms with Crippen LogP contribution in [0.5, 0.6) is 0 Å². The third-order valence-corrected chi connectivity index (χ3v) is 6.13. The molecule has 19 heavy (non-hydrogen) atoms. The van der Waals surface area contributed by atoms with Gasteiger partial charge in [0.25, 0.3) is 0 Å². The molecule has 1 atom stereocenters. The monoisotopic (exact) mass is 289 g/mol. The van der Waals surface area contributed by atoms with Crippen molar-refractivity contribution < 1.29 is 13.2 Å². The first-order chi connectivity index (χ1) is 8.57. The molecule has 4 nitrogen and oxygen atoms in total.